The van der Waals surface area contributed by atoms with Crippen molar-refractivity contribution in [3.8, 4) is 0 Å². The molecule has 3 nitrogen and oxygen atoms in total. The van der Waals surface area contributed by atoms with Gasteiger partial charge in [0.2, 0.25) is 0 Å². The van der Waals surface area contributed by atoms with Crippen molar-refractivity contribution in [3.63, 3.8) is 0 Å². The fourth-order valence-corrected chi connectivity index (χ4v) is 2.78. The van der Waals surface area contributed by atoms with E-state index in [2.05, 4.69) is 15.9 Å². The fraction of sp³-hybridized carbons (Fsp3) is 0.909. The number of halogens is 1. The lowest BCUT2D eigenvalue weighted by atomic mass is 10.1. The van der Waals surface area contributed by atoms with E-state index in [1.54, 1.807) is 0 Å². The molecule has 0 N–H and O–H groups in total. The maximum atomic E-state index is 11.5. The maximum absolute atomic E-state index is 11.5. The van der Waals surface area contributed by atoms with E-state index in [0.29, 0.717) is 17.5 Å². The highest BCUT2D eigenvalue weighted by atomic mass is 79.9. The summed E-state index contributed by atoms with van der Waals surface area (Å²) in [6.07, 6.45) is 4.67. The predicted octanol–water partition coefficient (Wildman–Crippen LogP) is 2.27. The summed E-state index contributed by atoms with van der Waals surface area (Å²) in [7, 11) is 0. The van der Waals surface area contributed by atoms with Crippen molar-refractivity contribution in [3.05, 3.63) is 0 Å². The normalized spacial score (nSPS) is 35.5. The van der Waals surface area contributed by atoms with Crippen molar-refractivity contribution >= 4 is 21.9 Å². The van der Waals surface area contributed by atoms with E-state index in [0.717, 1.165) is 12.8 Å². The zero-order chi connectivity index (χ0) is 10.8. The van der Waals surface area contributed by atoms with E-state index < -0.39 is 0 Å². The molecule has 0 aliphatic heterocycles. The van der Waals surface area contributed by atoms with Crippen molar-refractivity contribution in [1.82, 2.24) is 0 Å². The molecule has 2 fully saturated rings. The topological polar surface area (TPSA) is 35.5 Å². The Bertz CT molecular complexity index is 240. The Kier molecular flexibility index (Phi) is 3.67. The van der Waals surface area contributed by atoms with Gasteiger partial charge in [0.05, 0.1) is 24.7 Å². The summed E-state index contributed by atoms with van der Waals surface area (Å²) >= 11 is 3.59. The van der Waals surface area contributed by atoms with Crippen LogP contribution in [0.3, 0.4) is 0 Å². The van der Waals surface area contributed by atoms with Crippen molar-refractivity contribution in [2.24, 2.45) is 5.92 Å². The van der Waals surface area contributed by atoms with Crippen LogP contribution in [-0.2, 0) is 14.3 Å². The molecule has 0 spiro atoms. The molecule has 86 valence electrons. The fourth-order valence-electron chi connectivity index (χ4n) is 1.99. The number of esters is 1. The second kappa shape index (κ2) is 4.83. The van der Waals surface area contributed by atoms with Gasteiger partial charge in [-0.2, -0.15) is 0 Å². The number of carbonyl (C=O) groups excluding carboxylic acids is 1. The molecule has 0 saturated heterocycles. The molecular weight excluding hydrogens is 260 g/mol. The van der Waals surface area contributed by atoms with E-state index in [1.165, 1.54) is 12.8 Å². The number of alkyl halides is 1. The average molecular weight is 277 g/mol. The molecule has 0 aromatic rings. The van der Waals surface area contributed by atoms with Crippen LogP contribution in [0.2, 0.25) is 0 Å². The number of hydrogen-bond acceptors (Lipinski definition) is 3. The Morgan fingerprint density at radius 1 is 1.40 bits per heavy atom. The summed E-state index contributed by atoms with van der Waals surface area (Å²) in [5.74, 6) is -0.0399. The van der Waals surface area contributed by atoms with Gasteiger partial charge in [0.1, 0.15) is 0 Å². The van der Waals surface area contributed by atoms with Gasteiger partial charge in [0.25, 0.3) is 0 Å². The van der Waals surface area contributed by atoms with Gasteiger partial charge in [-0.05, 0) is 32.6 Å². The Hall–Kier alpha value is -0.0900. The van der Waals surface area contributed by atoms with E-state index in [1.807, 2.05) is 6.92 Å². The molecule has 3 unspecified atom stereocenters. The number of hydrogen-bond donors (Lipinski definition) is 0. The second-order valence-electron chi connectivity index (χ2n) is 4.31. The molecule has 0 heterocycles. The van der Waals surface area contributed by atoms with Gasteiger partial charge in [-0.1, -0.05) is 15.9 Å². The van der Waals surface area contributed by atoms with Gasteiger partial charge in [0, 0.05) is 4.83 Å². The smallest absolute Gasteiger partial charge is 0.309 e. The predicted molar refractivity (Wildman–Crippen MR) is 60.0 cm³/mol. The van der Waals surface area contributed by atoms with E-state index in [9.17, 15) is 4.79 Å². The highest BCUT2D eigenvalue weighted by Crippen LogP contribution is 2.37. The molecule has 2 aliphatic carbocycles. The van der Waals surface area contributed by atoms with E-state index in [4.69, 9.17) is 9.47 Å². The first kappa shape index (κ1) is 11.4. The van der Waals surface area contributed by atoms with Crippen molar-refractivity contribution < 1.29 is 14.3 Å². The molecule has 0 bridgehead atoms. The van der Waals surface area contributed by atoms with Crippen LogP contribution in [0.1, 0.15) is 32.6 Å². The Labute approximate surface area is 98.6 Å². The monoisotopic (exact) mass is 276 g/mol. The lowest BCUT2D eigenvalue weighted by Crippen LogP contribution is -2.19. The first-order valence-corrected chi connectivity index (χ1v) is 6.58. The lowest BCUT2D eigenvalue weighted by Gasteiger charge is -2.14. The molecule has 0 aromatic heterocycles. The van der Waals surface area contributed by atoms with Crippen molar-refractivity contribution in [1.29, 1.82) is 0 Å². The largest absolute Gasteiger partial charge is 0.466 e. The molecule has 2 saturated carbocycles. The number of carbonyl (C=O) groups is 1. The molecule has 4 heteroatoms. The van der Waals surface area contributed by atoms with Crippen molar-refractivity contribution in [2.45, 2.75) is 49.6 Å². The number of ether oxygens (including phenoxy) is 2. The second-order valence-corrected chi connectivity index (χ2v) is 5.49. The SMILES string of the molecule is CCOC(=O)C1CC(Br)C(OC2CC2)C1. The molecule has 3 atom stereocenters. The van der Waals surface area contributed by atoms with Crippen LogP contribution in [0.25, 0.3) is 0 Å². The zero-order valence-electron chi connectivity index (χ0n) is 8.95. The van der Waals surface area contributed by atoms with Crippen LogP contribution in [0, 0.1) is 5.92 Å². The zero-order valence-corrected chi connectivity index (χ0v) is 10.5. The summed E-state index contributed by atoms with van der Waals surface area (Å²) in [6.45, 7) is 2.31. The standard InChI is InChI=1S/C11H17BrO3/c1-2-14-11(13)7-5-9(12)10(6-7)15-8-3-4-8/h7-10H,2-6H2,1H3. The summed E-state index contributed by atoms with van der Waals surface area (Å²) in [5, 5.41) is 0. The molecule has 0 radical (unpaired) electrons. The van der Waals surface area contributed by atoms with Gasteiger partial charge >= 0.3 is 5.97 Å². The van der Waals surface area contributed by atoms with Crippen LogP contribution < -0.4 is 0 Å². The van der Waals surface area contributed by atoms with Crippen LogP contribution in [-0.4, -0.2) is 29.6 Å². The minimum Gasteiger partial charge on any atom is -0.466 e. The maximum Gasteiger partial charge on any atom is 0.309 e. The lowest BCUT2D eigenvalue weighted by molar-refractivity contribution is -0.148. The van der Waals surface area contributed by atoms with Crippen LogP contribution >= 0.6 is 15.9 Å². The summed E-state index contributed by atoms with van der Waals surface area (Å²) in [6, 6.07) is 0. The third-order valence-electron chi connectivity index (χ3n) is 2.94. The summed E-state index contributed by atoms with van der Waals surface area (Å²) < 4.78 is 10.9. The van der Waals surface area contributed by atoms with Gasteiger partial charge in [-0.25, -0.2) is 0 Å². The molecular formula is C11H17BrO3. The average Bonchev–Trinajstić information content (AvgIpc) is 2.92. The molecule has 2 rings (SSSR count). The quantitative estimate of drug-likeness (QED) is 0.584. The minimum atomic E-state index is -0.0659. The van der Waals surface area contributed by atoms with Crippen LogP contribution in [0.15, 0.2) is 0 Å². The minimum absolute atomic E-state index is 0.0260. The molecule has 0 amide bonds. The first-order valence-electron chi connectivity index (χ1n) is 5.67. The Morgan fingerprint density at radius 3 is 2.73 bits per heavy atom. The molecule has 15 heavy (non-hydrogen) atoms. The summed E-state index contributed by atoms with van der Waals surface area (Å²) in [4.78, 5) is 11.9. The summed E-state index contributed by atoms with van der Waals surface area (Å²) in [5.41, 5.74) is 0. The Morgan fingerprint density at radius 2 is 2.13 bits per heavy atom. The third-order valence-corrected chi connectivity index (χ3v) is 3.90. The van der Waals surface area contributed by atoms with Gasteiger partial charge in [-0.15, -0.1) is 0 Å². The number of rotatable bonds is 4. The highest BCUT2D eigenvalue weighted by molar-refractivity contribution is 9.09. The highest BCUT2D eigenvalue weighted by Gasteiger charge is 2.40. The van der Waals surface area contributed by atoms with Gasteiger partial charge < -0.3 is 9.47 Å². The van der Waals surface area contributed by atoms with Crippen LogP contribution in [0.5, 0.6) is 0 Å². The van der Waals surface area contributed by atoms with Gasteiger partial charge in [-0.3, -0.25) is 4.79 Å². The van der Waals surface area contributed by atoms with E-state index >= 15 is 0 Å². The Balaban J connectivity index is 1.82. The first-order chi connectivity index (χ1) is 7.20. The molecule has 2 aliphatic rings. The van der Waals surface area contributed by atoms with E-state index in [-0.39, 0.29) is 18.0 Å². The third kappa shape index (κ3) is 2.94. The van der Waals surface area contributed by atoms with Crippen LogP contribution in [0.4, 0.5) is 0 Å². The molecule has 0 aromatic carbocycles. The van der Waals surface area contributed by atoms with Gasteiger partial charge in [0.15, 0.2) is 0 Å². The van der Waals surface area contributed by atoms with Crippen molar-refractivity contribution in [2.75, 3.05) is 6.61 Å².